The van der Waals surface area contributed by atoms with Crippen LogP contribution in [-0.4, -0.2) is 17.7 Å². The molecule has 2 aliphatic rings. The fourth-order valence-electron chi connectivity index (χ4n) is 1.60. The minimum atomic E-state index is -1.40. The lowest BCUT2D eigenvalue weighted by Crippen LogP contribution is -2.31. The van der Waals surface area contributed by atoms with Crippen molar-refractivity contribution < 1.29 is 6.48 Å². The van der Waals surface area contributed by atoms with Crippen molar-refractivity contribution in [2.45, 2.75) is 25.3 Å². The highest BCUT2D eigenvalue weighted by molar-refractivity contribution is 5.32. The van der Waals surface area contributed by atoms with Gasteiger partial charge < -0.3 is 10.4 Å². The summed E-state index contributed by atoms with van der Waals surface area (Å²) < 4.78 is 7.63. The lowest BCUT2D eigenvalue weighted by Gasteiger charge is -2.26. The SMILES string of the molecule is [2H]C1(O)CC=CC2=C1NCCC2. The summed E-state index contributed by atoms with van der Waals surface area (Å²) in [6.07, 6.45) is 4.98. The monoisotopic (exact) mass is 152 g/mol. The fourth-order valence-corrected chi connectivity index (χ4v) is 1.60. The van der Waals surface area contributed by atoms with Crippen LogP contribution in [0, 0.1) is 0 Å². The van der Waals surface area contributed by atoms with Gasteiger partial charge in [0.2, 0.25) is 0 Å². The molecule has 0 aromatic carbocycles. The number of nitrogens with one attached hydrogen (secondary N) is 1. The molecule has 0 aromatic heterocycles. The third-order valence-electron chi connectivity index (χ3n) is 2.16. The van der Waals surface area contributed by atoms with Crippen LogP contribution in [0.25, 0.3) is 0 Å². The summed E-state index contributed by atoms with van der Waals surface area (Å²) in [6.45, 7) is 0.883. The third kappa shape index (κ3) is 1.18. The molecule has 1 aliphatic heterocycles. The molecule has 2 heteroatoms. The van der Waals surface area contributed by atoms with E-state index < -0.39 is 6.08 Å². The van der Waals surface area contributed by atoms with Gasteiger partial charge in [0.15, 0.2) is 0 Å². The Morgan fingerprint density at radius 1 is 1.73 bits per heavy atom. The highest BCUT2D eigenvalue weighted by Gasteiger charge is 2.19. The van der Waals surface area contributed by atoms with Gasteiger partial charge in [-0.25, -0.2) is 0 Å². The maximum atomic E-state index is 9.66. The van der Waals surface area contributed by atoms with Crippen molar-refractivity contribution in [1.82, 2.24) is 5.32 Å². The topological polar surface area (TPSA) is 32.3 Å². The summed E-state index contributed by atoms with van der Waals surface area (Å²) in [5, 5.41) is 12.8. The molecule has 2 N–H and O–H groups in total. The second kappa shape index (κ2) is 2.70. The van der Waals surface area contributed by atoms with Crippen LogP contribution in [0.5, 0.6) is 0 Å². The van der Waals surface area contributed by atoms with Gasteiger partial charge in [-0.05, 0) is 24.8 Å². The van der Waals surface area contributed by atoms with E-state index in [4.69, 9.17) is 1.37 Å². The zero-order valence-electron chi connectivity index (χ0n) is 7.43. The largest absolute Gasteiger partial charge is 0.387 e. The number of rotatable bonds is 0. The van der Waals surface area contributed by atoms with E-state index in [1.165, 1.54) is 0 Å². The number of allylic oxidation sites excluding steroid dienone is 2. The van der Waals surface area contributed by atoms with Crippen molar-refractivity contribution in [3.63, 3.8) is 0 Å². The second-order valence-corrected chi connectivity index (χ2v) is 2.98. The van der Waals surface area contributed by atoms with Gasteiger partial charge in [-0.2, -0.15) is 0 Å². The van der Waals surface area contributed by atoms with Crippen LogP contribution in [0.15, 0.2) is 23.4 Å². The van der Waals surface area contributed by atoms with E-state index in [2.05, 4.69) is 5.32 Å². The van der Waals surface area contributed by atoms with Crippen LogP contribution in [0.1, 0.15) is 20.6 Å². The molecule has 0 fully saturated rings. The Bertz CT molecular complexity index is 255. The van der Waals surface area contributed by atoms with Crippen LogP contribution < -0.4 is 5.32 Å². The molecular formula is C9H13NO. The van der Waals surface area contributed by atoms with Crippen LogP contribution in [0.2, 0.25) is 0 Å². The van der Waals surface area contributed by atoms with Gasteiger partial charge in [0, 0.05) is 12.2 Å². The Balaban J connectivity index is 2.36. The summed E-state index contributed by atoms with van der Waals surface area (Å²) in [7, 11) is 0. The molecule has 2 rings (SSSR count). The van der Waals surface area contributed by atoms with Crippen molar-refractivity contribution in [1.29, 1.82) is 0 Å². The molecule has 1 unspecified atom stereocenters. The predicted molar refractivity (Wildman–Crippen MR) is 44.0 cm³/mol. The van der Waals surface area contributed by atoms with Gasteiger partial charge in [0.05, 0.1) is 7.45 Å². The van der Waals surface area contributed by atoms with Crippen LogP contribution >= 0.6 is 0 Å². The Kier molecular flexibility index (Phi) is 1.43. The van der Waals surface area contributed by atoms with Gasteiger partial charge in [-0.15, -0.1) is 0 Å². The molecule has 1 atom stereocenters. The van der Waals surface area contributed by atoms with E-state index >= 15 is 0 Å². The van der Waals surface area contributed by atoms with Gasteiger partial charge in [0.1, 0.15) is 0 Å². The average molecular weight is 152 g/mol. The van der Waals surface area contributed by atoms with E-state index in [0.29, 0.717) is 6.42 Å². The van der Waals surface area contributed by atoms with E-state index in [1.807, 2.05) is 12.2 Å². The van der Waals surface area contributed by atoms with Gasteiger partial charge in [-0.1, -0.05) is 12.2 Å². The summed E-state index contributed by atoms with van der Waals surface area (Å²) in [6, 6.07) is 0. The smallest absolute Gasteiger partial charge is 0.0971 e. The molecule has 60 valence electrons. The highest BCUT2D eigenvalue weighted by Crippen LogP contribution is 2.23. The van der Waals surface area contributed by atoms with Crippen molar-refractivity contribution in [2.75, 3.05) is 6.54 Å². The Morgan fingerprint density at radius 3 is 3.45 bits per heavy atom. The minimum Gasteiger partial charge on any atom is -0.387 e. The first-order chi connectivity index (χ1) is 5.70. The van der Waals surface area contributed by atoms with Crippen LogP contribution in [0.4, 0.5) is 0 Å². The zero-order valence-corrected chi connectivity index (χ0v) is 6.43. The third-order valence-corrected chi connectivity index (χ3v) is 2.16. The molecule has 0 spiro atoms. The zero-order chi connectivity index (χ0) is 8.60. The predicted octanol–water partition coefficient (Wildman–Crippen LogP) is 0.945. The van der Waals surface area contributed by atoms with E-state index in [0.717, 1.165) is 30.7 Å². The molecule has 2 nitrogen and oxygen atoms in total. The maximum Gasteiger partial charge on any atom is 0.0971 e. The summed E-state index contributed by atoms with van der Waals surface area (Å²) in [5.41, 5.74) is 1.82. The van der Waals surface area contributed by atoms with E-state index in [1.54, 1.807) is 0 Å². The van der Waals surface area contributed by atoms with Gasteiger partial charge in [0.25, 0.3) is 0 Å². The Hall–Kier alpha value is -0.760. The molecule has 0 radical (unpaired) electrons. The highest BCUT2D eigenvalue weighted by atomic mass is 16.3. The summed E-state index contributed by atoms with van der Waals surface area (Å²) in [4.78, 5) is 0. The fraction of sp³-hybridized carbons (Fsp3) is 0.556. The second-order valence-electron chi connectivity index (χ2n) is 2.98. The molecular weight excluding hydrogens is 138 g/mol. The first kappa shape index (κ1) is 5.84. The Morgan fingerprint density at radius 2 is 2.64 bits per heavy atom. The molecule has 0 bridgehead atoms. The van der Waals surface area contributed by atoms with Crippen molar-refractivity contribution in [2.24, 2.45) is 0 Å². The molecule has 0 saturated heterocycles. The van der Waals surface area contributed by atoms with E-state index in [9.17, 15) is 5.11 Å². The molecule has 0 amide bonds. The van der Waals surface area contributed by atoms with E-state index in [-0.39, 0.29) is 0 Å². The first-order valence-corrected chi connectivity index (χ1v) is 4.06. The van der Waals surface area contributed by atoms with Crippen molar-refractivity contribution >= 4 is 0 Å². The minimum absolute atomic E-state index is 0.402. The Labute approximate surface area is 68.0 Å². The lowest BCUT2D eigenvalue weighted by molar-refractivity contribution is 0.200. The average Bonchev–Trinajstić information content (AvgIpc) is 2.04. The molecule has 11 heavy (non-hydrogen) atoms. The summed E-state index contributed by atoms with van der Waals surface area (Å²) >= 11 is 0. The standard InChI is InChI=1S/C9H13NO/c11-8-5-1-3-7-4-2-6-10-9(7)8/h1,3,8,10-11H,2,4-6H2/i8D. The van der Waals surface area contributed by atoms with Gasteiger partial charge in [-0.3, -0.25) is 0 Å². The first-order valence-electron chi connectivity index (χ1n) is 4.56. The number of hydrogen-bond acceptors (Lipinski definition) is 2. The number of aliphatic hydroxyl groups is 1. The lowest BCUT2D eigenvalue weighted by atomic mass is 9.94. The van der Waals surface area contributed by atoms with Crippen LogP contribution in [0.3, 0.4) is 0 Å². The number of hydrogen-bond donors (Lipinski definition) is 2. The maximum absolute atomic E-state index is 9.66. The molecule has 1 heterocycles. The van der Waals surface area contributed by atoms with Crippen molar-refractivity contribution in [3.8, 4) is 0 Å². The van der Waals surface area contributed by atoms with Crippen LogP contribution in [-0.2, 0) is 0 Å². The van der Waals surface area contributed by atoms with Crippen molar-refractivity contribution in [3.05, 3.63) is 23.4 Å². The summed E-state index contributed by atoms with van der Waals surface area (Å²) in [5.74, 6) is 0. The molecule has 1 aliphatic carbocycles. The normalized spacial score (nSPS) is 37.7. The quantitative estimate of drug-likeness (QED) is 0.541. The molecule has 0 saturated carbocycles. The van der Waals surface area contributed by atoms with Gasteiger partial charge >= 0.3 is 0 Å². The molecule has 0 aromatic rings.